The number of aromatic nitrogens is 3. The van der Waals surface area contributed by atoms with E-state index < -0.39 is 11.5 Å². The van der Waals surface area contributed by atoms with Crippen LogP contribution in [0.5, 0.6) is 5.75 Å². The molecule has 0 aliphatic heterocycles. The van der Waals surface area contributed by atoms with Crippen LogP contribution in [0, 0.1) is 0 Å². The third-order valence-corrected chi connectivity index (χ3v) is 5.00. The lowest BCUT2D eigenvalue weighted by Gasteiger charge is -2.11. The van der Waals surface area contributed by atoms with Crippen LogP contribution < -0.4 is 10.3 Å². The summed E-state index contributed by atoms with van der Waals surface area (Å²) in [5.41, 5.74) is 2.33. The first-order valence-corrected chi connectivity index (χ1v) is 9.54. The Hall–Kier alpha value is -3.09. The number of rotatable bonds is 7. The van der Waals surface area contributed by atoms with Gasteiger partial charge in [0.15, 0.2) is 0 Å². The summed E-state index contributed by atoms with van der Waals surface area (Å²) in [5, 5.41) is 4.47. The molecule has 0 atom stereocenters. The molecule has 0 amide bonds. The van der Waals surface area contributed by atoms with Gasteiger partial charge in [-0.05, 0) is 43.9 Å². The first kappa shape index (κ1) is 18.3. The van der Waals surface area contributed by atoms with Crippen molar-refractivity contribution >= 4 is 11.6 Å². The number of aryl methyl sites for hydroxylation is 2. The number of esters is 1. The molecule has 0 saturated heterocycles. The van der Waals surface area contributed by atoms with Gasteiger partial charge >= 0.3 is 5.97 Å². The molecule has 1 saturated carbocycles. The Morgan fingerprint density at radius 2 is 2.00 bits per heavy atom. The summed E-state index contributed by atoms with van der Waals surface area (Å²) in [6.07, 6.45) is 4.52. The van der Waals surface area contributed by atoms with E-state index in [2.05, 4.69) is 5.10 Å². The second kappa shape index (κ2) is 7.50. The first-order chi connectivity index (χ1) is 13.6. The first-order valence-electron chi connectivity index (χ1n) is 9.54. The van der Waals surface area contributed by atoms with Crippen LogP contribution in [0.3, 0.4) is 0 Å². The molecule has 0 unspecified atom stereocenters. The van der Waals surface area contributed by atoms with Crippen molar-refractivity contribution in [1.29, 1.82) is 0 Å². The molecule has 28 heavy (non-hydrogen) atoms. The number of hydrogen-bond acceptors (Lipinski definition) is 5. The molecule has 3 aromatic rings. The molecular weight excluding hydrogens is 358 g/mol. The molecule has 0 bridgehead atoms. The predicted molar refractivity (Wildman–Crippen MR) is 104 cm³/mol. The van der Waals surface area contributed by atoms with Gasteiger partial charge in [0, 0.05) is 24.7 Å². The highest BCUT2D eigenvalue weighted by molar-refractivity contribution is 5.88. The van der Waals surface area contributed by atoms with Crippen molar-refractivity contribution in [3.8, 4) is 5.75 Å². The van der Waals surface area contributed by atoms with E-state index in [4.69, 9.17) is 9.47 Å². The van der Waals surface area contributed by atoms with Gasteiger partial charge < -0.3 is 14.0 Å². The highest BCUT2D eigenvalue weighted by atomic mass is 16.5. The minimum absolute atomic E-state index is 0.00882. The van der Waals surface area contributed by atoms with Gasteiger partial charge in [0.2, 0.25) is 0 Å². The van der Waals surface area contributed by atoms with Gasteiger partial charge in [-0.3, -0.25) is 4.79 Å². The largest absolute Gasteiger partial charge is 0.497 e. The van der Waals surface area contributed by atoms with Gasteiger partial charge in [0.25, 0.3) is 5.56 Å². The minimum atomic E-state index is -0.615. The Kier molecular flexibility index (Phi) is 4.90. The summed E-state index contributed by atoms with van der Waals surface area (Å²) in [7, 11) is 1.64. The maximum absolute atomic E-state index is 12.8. The molecule has 1 aliphatic rings. The second-order valence-corrected chi connectivity index (χ2v) is 6.97. The molecule has 1 aromatic carbocycles. The fourth-order valence-electron chi connectivity index (χ4n) is 3.28. The SMILES string of the molecule is CCOC(=O)c1cn(CCc2ccc(OC)cc2)c2cc(C3CC3)nn2c1=O. The zero-order valence-corrected chi connectivity index (χ0v) is 16.1. The fourth-order valence-corrected chi connectivity index (χ4v) is 3.28. The quantitative estimate of drug-likeness (QED) is 0.589. The molecule has 0 N–H and O–H groups in total. The third-order valence-electron chi connectivity index (χ3n) is 5.00. The molecule has 2 heterocycles. The van der Waals surface area contributed by atoms with Crippen LogP contribution in [0.4, 0.5) is 0 Å². The van der Waals surface area contributed by atoms with Crippen molar-refractivity contribution in [3.63, 3.8) is 0 Å². The third kappa shape index (κ3) is 3.52. The average Bonchev–Trinajstić information content (AvgIpc) is 3.46. The highest BCUT2D eigenvalue weighted by Gasteiger charge is 2.28. The van der Waals surface area contributed by atoms with Gasteiger partial charge in [-0.15, -0.1) is 0 Å². The van der Waals surface area contributed by atoms with Gasteiger partial charge in [0.05, 0.1) is 19.4 Å². The van der Waals surface area contributed by atoms with Crippen molar-refractivity contribution in [1.82, 2.24) is 14.2 Å². The van der Waals surface area contributed by atoms with Crippen molar-refractivity contribution in [2.24, 2.45) is 0 Å². The zero-order chi connectivity index (χ0) is 19.7. The van der Waals surface area contributed by atoms with Crippen LogP contribution >= 0.6 is 0 Å². The van der Waals surface area contributed by atoms with Gasteiger partial charge in [0.1, 0.15) is 17.0 Å². The van der Waals surface area contributed by atoms with Crippen molar-refractivity contribution in [2.45, 2.75) is 38.6 Å². The van der Waals surface area contributed by atoms with E-state index in [1.165, 1.54) is 4.52 Å². The van der Waals surface area contributed by atoms with E-state index in [9.17, 15) is 9.59 Å². The number of hydrogen-bond donors (Lipinski definition) is 0. The summed E-state index contributed by atoms with van der Waals surface area (Å²) in [4.78, 5) is 25.0. The Morgan fingerprint density at radius 1 is 1.25 bits per heavy atom. The topological polar surface area (TPSA) is 74.8 Å². The van der Waals surface area contributed by atoms with Crippen LogP contribution in [0.1, 0.15) is 47.3 Å². The average molecular weight is 381 g/mol. The van der Waals surface area contributed by atoms with E-state index >= 15 is 0 Å². The number of benzene rings is 1. The summed E-state index contributed by atoms with van der Waals surface area (Å²) in [5.74, 6) is 0.611. The molecule has 146 valence electrons. The standard InChI is InChI=1S/C21H23N3O4/c1-3-28-21(26)17-13-23(11-10-14-4-8-16(27-2)9-5-14)19-12-18(15-6-7-15)22-24(19)20(17)25/h4-5,8-9,12-13,15H,3,6-7,10-11H2,1-2H3. The van der Waals surface area contributed by atoms with Crippen LogP contribution in [-0.4, -0.2) is 33.9 Å². The lowest BCUT2D eigenvalue weighted by atomic mass is 10.1. The lowest BCUT2D eigenvalue weighted by molar-refractivity contribution is 0.0522. The molecule has 0 spiro atoms. The van der Waals surface area contributed by atoms with E-state index in [1.54, 1.807) is 20.2 Å². The second-order valence-electron chi connectivity index (χ2n) is 6.97. The molecule has 2 aromatic heterocycles. The smallest absolute Gasteiger partial charge is 0.345 e. The lowest BCUT2D eigenvalue weighted by Crippen LogP contribution is -2.27. The Balaban J connectivity index is 1.70. The van der Waals surface area contributed by atoms with Crippen molar-refractivity contribution in [2.75, 3.05) is 13.7 Å². The molecule has 0 radical (unpaired) electrons. The number of carbonyl (C=O) groups excluding carboxylic acids is 1. The molecular formula is C21H23N3O4. The molecule has 4 rings (SSSR count). The van der Waals surface area contributed by atoms with E-state index in [0.29, 0.717) is 18.1 Å². The van der Waals surface area contributed by atoms with Crippen LogP contribution in [-0.2, 0) is 17.7 Å². The monoisotopic (exact) mass is 381 g/mol. The van der Waals surface area contributed by atoms with Crippen LogP contribution in [0.2, 0.25) is 0 Å². The van der Waals surface area contributed by atoms with Crippen LogP contribution in [0.25, 0.3) is 5.65 Å². The number of carbonyl (C=O) groups is 1. The summed E-state index contributed by atoms with van der Waals surface area (Å²) >= 11 is 0. The number of fused-ring (bicyclic) bond motifs is 1. The van der Waals surface area contributed by atoms with E-state index in [-0.39, 0.29) is 12.2 Å². The fraction of sp³-hybridized carbons (Fsp3) is 0.381. The van der Waals surface area contributed by atoms with E-state index in [0.717, 1.165) is 36.3 Å². The maximum Gasteiger partial charge on any atom is 0.345 e. The molecule has 7 nitrogen and oxygen atoms in total. The van der Waals surface area contributed by atoms with Crippen molar-refractivity contribution < 1.29 is 14.3 Å². The van der Waals surface area contributed by atoms with E-state index in [1.807, 2.05) is 34.9 Å². The molecule has 1 fully saturated rings. The summed E-state index contributed by atoms with van der Waals surface area (Å²) in [6.45, 7) is 2.55. The Morgan fingerprint density at radius 3 is 2.64 bits per heavy atom. The zero-order valence-electron chi connectivity index (χ0n) is 16.1. The van der Waals surface area contributed by atoms with Crippen LogP contribution in [0.15, 0.2) is 41.3 Å². The predicted octanol–water partition coefficient (Wildman–Crippen LogP) is 2.80. The highest BCUT2D eigenvalue weighted by Crippen LogP contribution is 2.39. The summed E-state index contributed by atoms with van der Waals surface area (Å²) < 4.78 is 13.5. The van der Waals surface area contributed by atoms with Gasteiger partial charge in [-0.25, -0.2) is 4.79 Å². The van der Waals surface area contributed by atoms with Crippen molar-refractivity contribution in [3.05, 3.63) is 63.7 Å². The maximum atomic E-state index is 12.8. The number of nitrogens with zero attached hydrogens (tertiary/aromatic N) is 3. The molecule has 7 heteroatoms. The minimum Gasteiger partial charge on any atom is -0.497 e. The molecule has 1 aliphatic carbocycles. The number of methoxy groups -OCH3 is 1. The summed E-state index contributed by atoms with van der Waals surface area (Å²) in [6, 6.07) is 9.82. The van der Waals surface area contributed by atoms with Gasteiger partial charge in [-0.2, -0.15) is 9.61 Å². The Labute approximate surface area is 162 Å². The Bertz CT molecular complexity index is 1060. The number of ether oxygens (including phenoxy) is 2. The normalized spacial score (nSPS) is 13.6. The van der Waals surface area contributed by atoms with Gasteiger partial charge in [-0.1, -0.05) is 12.1 Å².